The van der Waals surface area contributed by atoms with Gasteiger partial charge in [0.25, 0.3) is 0 Å². The molecule has 8 heteroatoms. The molecule has 1 aliphatic carbocycles. The van der Waals surface area contributed by atoms with Crippen molar-refractivity contribution in [2.75, 3.05) is 19.6 Å². The second kappa shape index (κ2) is 13.0. The molecule has 1 saturated heterocycles. The van der Waals surface area contributed by atoms with Crippen molar-refractivity contribution in [2.45, 2.75) is 49.6 Å². The average Bonchev–Trinajstić information content (AvgIpc) is 2.93. The minimum Gasteiger partial charge on any atom is -0.459 e. The molecule has 0 bridgehead atoms. The number of halogens is 1. The second-order valence-corrected chi connectivity index (χ2v) is 10.7. The number of carbonyl (C=O) groups is 2. The number of Topliss-reactive ketones (excluding diaryl/α,β-unsaturated/α-hetero) is 1. The van der Waals surface area contributed by atoms with Crippen LogP contribution in [0.15, 0.2) is 83.3 Å². The van der Waals surface area contributed by atoms with Crippen molar-refractivity contribution >= 4 is 22.7 Å². The van der Waals surface area contributed by atoms with Crippen LogP contribution in [-0.2, 0) is 25.3 Å². The number of hydrogen-bond donors (Lipinski definition) is 1. The number of benzene rings is 2. The molecule has 0 spiro atoms. The molecule has 4 atom stereocenters. The van der Waals surface area contributed by atoms with Crippen LogP contribution in [-0.4, -0.2) is 46.6 Å². The first-order valence-electron chi connectivity index (χ1n) is 12.8. The smallest absolute Gasteiger partial charge is 0.329 e. The Morgan fingerprint density at radius 1 is 1.14 bits per heavy atom. The Morgan fingerprint density at radius 2 is 1.89 bits per heavy atom. The summed E-state index contributed by atoms with van der Waals surface area (Å²) in [4.78, 5) is 28.8. The average molecular weight is 525 g/mol. The number of ether oxygens (including phenoxy) is 1. The zero-order chi connectivity index (χ0) is 26.2. The maximum Gasteiger partial charge on any atom is 0.329 e. The van der Waals surface area contributed by atoms with E-state index in [9.17, 15) is 18.2 Å². The summed E-state index contributed by atoms with van der Waals surface area (Å²) in [5.74, 6) is -0.787. The number of likely N-dealkylation sites (tertiary alicyclic amines) is 1. The van der Waals surface area contributed by atoms with Gasteiger partial charge in [-0.05, 0) is 68.0 Å². The van der Waals surface area contributed by atoms with Crippen molar-refractivity contribution in [1.82, 2.24) is 9.62 Å². The largest absolute Gasteiger partial charge is 0.459 e. The van der Waals surface area contributed by atoms with E-state index in [1.807, 2.05) is 29.2 Å². The van der Waals surface area contributed by atoms with Crippen LogP contribution < -0.4 is 4.72 Å². The Bertz CT molecular complexity index is 1170. The normalized spacial score (nSPS) is 21.6. The first kappa shape index (κ1) is 27.1. The Hall–Kier alpha value is -2.94. The lowest BCUT2D eigenvalue weighted by molar-refractivity contribution is -0.157. The molecule has 1 aliphatic heterocycles. The minimum absolute atomic E-state index is 0.0695. The summed E-state index contributed by atoms with van der Waals surface area (Å²) in [7, 11) is -1.69. The molecule has 0 amide bonds. The first-order valence-corrected chi connectivity index (χ1v) is 13.9. The van der Waals surface area contributed by atoms with E-state index in [4.69, 9.17) is 4.74 Å². The molecule has 37 heavy (non-hydrogen) atoms. The van der Waals surface area contributed by atoms with Crippen LogP contribution in [0, 0.1) is 11.7 Å². The predicted octanol–water partition coefficient (Wildman–Crippen LogP) is 4.67. The van der Waals surface area contributed by atoms with Gasteiger partial charge in [0.1, 0.15) is 28.9 Å². The van der Waals surface area contributed by atoms with Crippen molar-refractivity contribution in [3.63, 3.8) is 0 Å². The molecule has 2 aromatic carbocycles. The molecular formula is C29H33FN2O4S. The standard InChI is InChI=1S/C29H33FN2O4S/c1-2-21-17-18-32(19-26(33)22-9-5-3-6-10-22)20-27(21)36-29(34)28(23-13-15-24(30)16-14-23)31-37(35)25-11-7-4-8-12-25/h4-5,7-16,21,27-28,31H,2-3,6,17-20H2,1H3/t21?,27-,28?,37?/m0/s1. The third-order valence-corrected chi connectivity index (χ3v) is 8.03. The summed E-state index contributed by atoms with van der Waals surface area (Å²) in [5.41, 5.74) is 1.20. The topological polar surface area (TPSA) is 75.7 Å². The molecule has 0 saturated carbocycles. The quantitative estimate of drug-likeness (QED) is 0.457. The van der Waals surface area contributed by atoms with Crippen molar-refractivity contribution < 1.29 is 22.9 Å². The SMILES string of the molecule is CCC1CCN(CC(=O)C2=CCCC=C2)C[C@@H]1OC(=O)C(NS(=O)c1ccccc1)c1ccc(F)cc1. The highest BCUT2D eigenvalue weighted by molar-refractivity contribution is 7.83. The van der Waals surface area contributed by atoms with E-state index in [1.165, 1.54) is 24.3 Å². The van der Waals surface area contributed by atoms with E-state index in [1.54, 1.807) is 24.3 Å². The van der Waals surface area contributed by atoms with Gasteiger partial charge in [-0.25, -0.2) is 18.1 Å². The monoisotopic (exact) mass is 524 g/mol. The highest BCUT2D eigenvalue weighted by Crippen LogP contribution is 2.27. The van der Waals surface area contributed by atoms with E-state index in [0.717, 1.165) is 37.8 Å². The van der Waals surface area contributed by atoms with E-state index in [2.05, 4.69) is 11.6 Å². The van der Waals surface area contributed by atoms with Crippen LogP contribution in [0.25, 0.3) is 0 Å². The fraction of sp³-hybridized carbons (Fsp3) is 0.379. The minimum atomic E-state index is -1.69. The lowest BCUT2D eigenvalue weighted by Gasteiger charge is -2.38. The maximum atomic E-state index is 13.6. The molecular weight excluding hydrogens is 491 g/mol. The van der Waals surface area contributed by atoms with Gasteiger partial charge in [0.2, 0.25) is 0 Å². The lowest BCUT2D eigenvalue weighted by atomic mass is 9.90. The van der Waals surface area contributed by atoms with Gasteiger partial charge in [-0.3, -0.25) is 9.69 Å². The molecule has 2 aliphatic rings. The fourth-order valence-electron chi connectivity index (χ4n) is 4.73. The summed E-state index contributed by atoms with van der Waals surface area (Å²) in [6.07, 6.45) is 8.93. The molecule has 196 valence electrons. The summed E-state index contributed by atoms with van der Waals surface area (Å²) in [5, 5.41) is 0. The number of piperidine rings is 1. The Balaban J connectivity index is 1.48. The third kappa shape index (κ3) is 7.31. The van der Waals surface area contributed by atoms with Crippen LogP contribution in [0.1, 0.15) is 44.2 Å². The summed E-state index contributed by atoms with van der Waals surface area (Å²) in [6.45, 7) is 3.54. The first-order chi connectivity index (χ1) is 17.9. The fourth-order valence-corrected chi connectivity index (χ4v) is 5.72. The number of nitrogens with one attached hydrogen (secondary N) is 1. The van der Waals surface area contributed by atoms with Crippen LogP contribution in [0.3, 0.4) is 0 Å². The molecule has 0 aromatic heterocycles. The predicted molar refractivity (Wildman–Crippen MR) is 141 cm³/mol. The number of esters is 1. The maximum absolute atomic E-state index is 13.6. The van der Waals surface area contributed by atoms with Crippen molar-refractivity contribution in [3.8, 4) is 0 Å². The van der Waals surface area contributed by atoms with Crippen molar-refractivity contribution in [1.29, 1.82) is 0 Å². The number of nitrogens with zero attached hydrogens (tertiary/aromatic N) is 1. The van der Waals surface area contributed by atoms with Gasteiger partial charge in [0.15, 0.2) is 5.78 Å². The molecule has 1 heterocycles. The molecule has 1 N–H and O–H groups in total. The van der Waals surface area contributed by atoms with Gasteiger partial charge in [-0.1, -0.05) is 55.5 Å². The van der Waals surface area contributed by atoms with Gasteiger partial charge in [0.05, 0.1) is 11.4 Å². The summed E-state index contributed by atoms with van der Waals surface area (Å²) in [6, 6.07) is 13.2. The van der Waals surface area contributed by atoms with Crippen molar-refractivity contribution in [3.05, 3.63) is 89.8 Å². The zero-order valence-corrected chi connectivity index (χ0v) is 21.8. The van der Waals surface area contributed by atoms with Crippen LogP contribution in [0.4, 0.5) is 4.39 Å². The molecule has 4 rings (SSSR count). The molecule has 3 unspecified atom stereocenters. The molecule has 2 aromatic rings. The molecule has 6 nitrogen and oxygen atoms in total. The lowest BCUT2D eigenvalue weighted by Crippen LogP contribution is -2.48. The highest BCUT2D eigenvalue weighted by atomic mass is 32.2. The van der Waals surface area contributed by atoms with E-state index < -0.39 is 34.9 Å². The van der Waals surface area contributed by atoms with Crippen LogP contribution in [0.5, 0.6) is 0 Å². The van der Waals surface area contributed by atoms with Gasteiger partial charge in [-0.2, -0.15) is 0 Å². The van der Waals surface area contributed by atoms with E-state index >= 15 is 0 Å². The van der Waals surface area contributed by atoms with Gasteiger partial charge < -0.3 is 4.74 Å². The molecule has 1 fully saturated rings. The summed E-state index contributed by atoms with van der Waals surface area (Å²) < 4.78 is 35.5. The van der Waals surface area contributed by atoms with Crippen molar-refractivity contribution in [2.24, 2.45) is 5.92 Å². The van der Waals surface area contributed by atoms with Crippen LogP contribution >= 0.6 is 0 Å². The van der Waals surface area contributed by atoms with E-state index in [0.29, 0.717) is 17.0 Å². The Morgan fingerprint density at radius 3 is 2.57 bits per heavy atom. The van der Waals surface area contributed by atoms with Gasteiger partial charge in [0, 0.05) is 12.1 Å². The third-order valence-electron chi connectivity index (χ3n) is 6.88. The second-order valence-electron chi connectivity index (χ2n) is 9.41. The van der Waals surface area contributed by atoms with E-state index in [-0.39, 0.29) is 18.2 Å². The zero-order valence-electron chi connectivity index (χ0n) is 21.0. The number of allylic oxidation sites excluding steroid dienone is 3. The number of carbonyl (C=O) groups excluding carboxylic acids is 2. The molecule has 0 radical (unpaired) electrons. The Kier molecular flexibility index (Phi) is 9.55. The van der Waals surface area contributed by atoms with Gasteiger partial charge in [-0.15, -0.1) is 0 Å². The highest BCUT2D eigenvalue weighted by Gasteiger charge is 2.35. The Labute approximate surface area is 220 Å². The number of ketones is 1. The van der Waals surface area contributed by atoms with Crippen LogP contribution in [0.2, 0.25) is 0 Å². The van der Waals surface area contributed by atoms with Gasteiger partial charge >= 0.3 is 5.97 Å². The number of hydrogen-bond acceptors (Lipinski definition) is 5. The summed E-state index contributed by atoms with van der Waals surface area (Å²) >= 11 is 0. The number of rotatable bonds is 10.